The molecule has 2 aromatic carbocycles. The SMILES string of the molecule is OC(CCl)CN[C@@](Cc1ccccc1)(c1cc(F)cc(C(F)(F)F)c1)c1ccc(Cl)cn1. The highest BCUT2D eigenvalue weighted by atomic mass is 35.5. The maximum atomic E-state index is 14.4. The fourth-order valence-electron chi connectivity index (χ4n) is 3.47. The second-order valence-electron chi connectivity index (χ2n) is 7.34. The van der Waals surface area contributed by atoms with Crippen molar-refractivity contribution in [3.63, 3.8) is 0 Å². The molecule has 0 aliphatic rings. The molecular weight excluding hydrogens is 467 g/mol. The van der Waals surface area contributed by atoms with E-state index in [-0.39, 0.29) is 24.4 Å². The predicted octanol–water partition coefficient (Wildman–Crippen LogP) is 5.57. The van der Waals surface area contributed by atoms with E-state index in [1.54, 1.807) is 42.5 Å². The van der Waals surface area contributed by atoms with Crippen LogP contribution in [0.3, 0.4) is 0 Å². The Balaban J connectivity index is 2.26. The molecule has 3 aromatic rings. The molecule has 32 heavy (non-hydrogen) atoms. The van der Waals surface area contributed by atoms with Crippen LogP contribution >= 0.6 is 23.2 Å². The number of pyridine rings is 1. The molecule has 0 aliphatic heterocycles. The van der Waals surface area contributed by atoms with Gasteiger partial charge in [-0.25, -0.2) is 4.39 Å². The van der Waals surface area contributed by atoms with Gasteiger partial charge in [0.05, 0.1) is 27.9 Å². The van der Waals surface area contributed by atoms with Crippen LogP contribution in [0.1, 0.15) is 22.4 Å². The van der Waals surface area contributed by atoms with Crippen LogP contribution in [-0.2, 0) is 18.1 Å². The zero-order valence-electron chi connectivity index (χ0n) is 16.7. The fourth-order valence-corrected chi connectivity index (χ4v) is 3.69. The summed E-state index contributed by atoms with van der Waals surface area (Å²) >= 11 is 11.7. The first-order chi connectivity index (χ1) is 15.1. The van der Waals surface area contributed by atoms with E-state index in [1.165, 1.54) is 6.20 Å². The quantitative estimate of drug-likeness (QED) is 0.323. The molecule has 2 N–H and O–H groups in total. The van der Waals surface area contributed by atoms with Crippen LogP contribution in [0.25, 0.3) is 0 Å². The van der Waals surface area contributed by atoms with Crippen LogP contribution in [-0.4, -0.2) is 28.6 Å². The molecule has 1 unspecified atom stereocenters. The van der Waals surface area contributed by atoms with E-state index in [9.17, 15) is 22.7 Å². The summed E-state index contributed by atoms with van der Waals surface area (Å²) in [6, 6.07) is 14.5. The minimum Gasteiger partial charge on any atom is -0.391 e. The zero-order chi connectivity index (χ0) is 23.4. The zero-order valence-corrected chi connectivity index (χ0v) is 18.2. The van der Waals surface area contributed by atoms with Gasteiger partial charge in [-0.3, -0.25) is 10.3 Å². The van der Waals surface area contributed by atoms with Crippen molar-refractivity contribution in [1.29, 1.82) is 0 Å². The predicted molar refractivity (Wildman–Crippen MR) is 116 cm³/mol. The maximum absolute atomic E-state index is 14.4. The van der Waals surface area contributed by atoms with Gasteiger partial charge in [-0.2, -0.15) is 13.2 Å². The summed E-state index contributed by atoms with van der Waals surface area (Å²) in [4.78, 5) is 4.34. The molecular formula is C23H20Cl2F4N2O. The summed E-state index contributed by atoms with van der Waals surface area (Å²) in [5.41, 5.74) is -1.47. The van der Waals surface area contributed by atoms with Crippen LogP contribution < -0.4 is 5.32 Å². The number of nitrogens with zero attached hydrogens (tertiary/aromatic N) is 1. The number of aliphatic hydroxyl groups is 1. The van der Waals surface area contributed by atoms with E-state index in [2.05, 4.69) is 10.3 Å². The average Bonchev–Trinajstić information content (AvgIpc) is 2.76. The maximum Gasteiger partial charge on any atom is 0.416 e. The highest BCUT2D eigenvalue weighted by Gasteiger charge is 2.39. The van der Waals surface area contributed by atoms with Crippen molar-refractivity contribution in [2.75, 3.05) is 12.4 Å². The lowest BCUT2D eigenvalue weighted by Gasteiger charge is -2.36. The van der Waals surface area contributed by atoms with Gasteiger partial charge in [0.2, 0.25) is 0 Å². The second kappa shape index (κ2) is 10.2. The highest BCUT2D eigenvalue weighted by molar-refractivity contribution is 6.30. The van der Waals surface area contributed by atoms with Gasteiger partial charge in [0.15, 0.2) is 0 Å². The number of nitrogens with one attached hydrogen (secondary N) is 1. The monoisotopic (exact) mass is 486 g/mol. The van der Waals surface area contributed by atoms with Crippen molar-refractivity contribution < 1.29 is 22.7 Å². The molecule has 0 fully saturated rings. The Labute approximate surface area is 193 Å². The van der Waals surface area contributed by atoms with Crippen LogP contribution in [0, 0.1) is 5.82 Å². The number of aromatic nitrogens is 1. The third-order valence-electron chi connectivity index (χ3n) is 5.01. The van der Waals surface area contributed by atoms with Crippen LogP contribution in [0.4, 0.5) is 17.6 Å². The summed E-state index contributed by atoms with van der Waals surface area (Å²) in [6.07, 6.45) is -4.26. The minimum atomic E-state index is -4.75. The van der Waals surface area contributed by atoms with Crippen molar-refractivity contribution in [3.05, 3.63) is 100 Å². The Morgan fingerprint density at radius 1 is 1.00 bits per heavy atom. The third kappa shape index (κ3) is 5.78. The topological polar surface area (TPSA) is 45.1 Å². The fraction of sp³-hybridized carbons (Fsp3) is 0.261. The highest BCUT2D eigenvalue weighted by Crippen LogP contribution is 2.37. The second-order valence-corrected chi connectivity index (χ2v) is 8.09. The summed E-state index contributed by atoms with van der Waals surface area (Å²) < 4.78 is 55.0. The molecule has 0 saturated heterocycles. The summed E-state index contributed by atoms with van der Waals surface area (Å²) in [7, 11) is 0. The van der Waals surface area contributed by atoms with E-state index in [0.717, 1.165) is 17.7 Å². The molecule has 3 rings (SSSR count). The molecule has 9 heteroatoms. The number of hydrogen-bond acceptors (Lipinski definition) is 3. The lowest BCUT2D eigenvalue weighted by Crippen LogP contribution is -2.49. The Morgan fingerprint density at radius 2 is 1.69 bits per heavy atom. The van der Waals surface area contributed by atoms with Crippen molar-refractivity contribution in [3.8, 4) is 0 Å². The molecule has 170 valence electrons. The molecule has 0 aliphatic carbocycles. The van der Waals surface area contributed by atoms with Gasteiger partial charge in [0.25, 0.3) is 0 Å². The molecule has 3 nitrogen and oxygen atoms in total. The van der Waals surface area contributed by atoms with Gasteiger partial charge >= 0.3 is 6.18 Å². The molecule has 2 atom stereocenters. The van der Waals surface area contributed by atoms with Crippen LogP contribution in [0.2, 0.25) is 5.02 Å². The van der Waals surface area contributed by atoms with Crippen molar-refractivity contribution in [2.45, 2.75) is 24.2 Å². The van der Waals surface area contributed by atoms with Gasteiger partial charge in [-0.05, 0) is 41.5 Å². The van der Waals surface area contributed by atoms with Crippen LogP contribution in [0.5, 0.6) is 0 Å². The van der Waals surface area contributed by atoms with Crippen molar-refractivity contribution >= 4 is 23.2 Å². The first-order valence-corrected chi connectivity index (χ1v) is 10.6. The van der Waals surface area contributed by atoms with E-state index < -0.39 is 29.2 Å². The van der Waals surface area contributed by atoms with E-state index in [0.29, 0.717) is 16.8 Å². The molecule has 0 amide bonds. The number of alkyl halides is 4. The normalized spacial score (nSPS) is 14.7. The smallest absolute Gasteiger partial charge is 0.391 e. The van der Waals surface area contributed by atoms with E-state index in [4.69, 9.17) is 23.2 Å². The average molecular weight is 487 g/mol. The van der Waals surface area contributed by atoms with Gasteiger partial charge in [0, 0.05) is 25.0 Å². The van der Waals surface area contributed by atoms with E-state index in [1.807, 2.05) is 0 Å². The lowest BCUT2D eigenvalue weighted by molar-refractivity contribution is -0.137. The summed E-state index contributed by atoms with van der Waals surface area (Å²) in [6.45, 7) is -0.0709. The largest absolute Gasteiger partial charge is 0.416 e. The van der Waals surface area contributed by atoms with Gasteiger partial charge in [0.1, 0.15) is 5.82 Å². The van der Waals surface area contributed by atoms with Gasteiger partial charge in [-0.1, -0.05) is 41.9 Å². The van der Waals surface area contributed by atoms with Crippen molar-refractivity contribution in [2.24, 2.45) is 0 Å². The first-order valence-electron chi connectivity index (χ1n) is 9.67. The number of hydrogen-bond donors (Lipinski definition) is 2. The Morgan fingerprint density at radius 3 is 2.28 bits per heavy atom. The Kier molecular flexibility index (Phi) is 7.77. The van der Waals surface area contributed by atoms with Crippen LogP contribution in [0.15, 0.2) is 66.9 Å². The van der Waals surface area contributed by atoms with E-state index >= 15 is 0 Å². The van der Waals surface area contributed by atoms with Crippen molar-refractivity contribution in [1.82, 2.24) is 10.3 Å². The van der Waals surface area contributed by atoms with Gasteiger partial charge < -0.3 is 5.11 Å². The number of rotatable bonds is 8. The molecule has 1 heterocycles. The number of halogens is 6. The van der Waals surface area contributed by atoms with Gasteiger partial charge in [-0.15, -0.1) is 11.6 Å². The molecule has 0 saturated carbocycles. The first kappa shape index (κ1) is 24.5. The lowest BCUT2D eigenvalue weighted by atomic mass is 9.79. The molecule has 0 bridgehead atoms. The molecule has 0 spiro atoms. The standard InChI is InChI=1S/C23H20Cl2F4N2O/c24-12-20(32)14-31-22(11-15-4-2-1-3-5-15,21-7-6-18(25)13-30-21)16-8-17(23(27,28)29)10-19(26)9-16/h1-10,13,20,31-32H,11-12,14H2/t20?,22-/m0/s1. The number of aliphatic hydroxyl groups excluding tert-OH is 1. The Bertz CT molecular complexity index is 1030. The minimum absolute atomic E-state index is 0.00488. The summed E-state index contributed by atoms with van der Waals surface area (Å²) in [5, 5.41) is 13.5. The number of benzene rings is 2. The molecule has 0 radical (unpaired) electrons. The Hall–Kier alpha value is -2.19. The third-order valence-corrected chi connectivity index (χ3v) is 5.59. The molecule has 1 aromatic heterocycles. The summed E-state index contributed by atoms with van der Waals surface area (Å²) in [5.74, 6) is -1.14.